The molecule has 0 N–H and O–H groups in total. The van der Waals surface area contributed by atoms with Gasteiger partial charge in [0.25, 0.3) is 0 Å². The maximum Gasteiger partial charge on any atom is 0.228 e. The largest absolute Gasteiger partial charge is 0.383 e. The Morgan fingerprint density at radius 2 is 2.32 bits per heavy atom. The fourth-order valence-corrected chi connectivity index (χ4v) is 2.16. The highest BCUT2D eigenvalue weighted by Crippen LogP contribution is 2.17. The summed E-state index contributed by atoms with van der Waals surface area (Å²) in [6, 6.07) is 3.86. The molecule has 2 rings (SSSR count). The van der Waals surface area contributed by atoms with Crippen LogP contribution in [0, 0.1) is 5.92 Å². The van der Waals surface area contributed by atoms with E-state index in [0.29, 0.717) is 32.9 Å². The number of carbonyl (C=O) groups excluding carboxylic acids is 1. The van der Waals surface area contributed by atoms with Gasteiger partial charge in [0.1, 0.15) is 0 Å². The summed E-state index contributed by atoms with van der Waals surface area (Å²) in [6.45, 7) is 2.97. The summed E-state index contributed by atoms with van der Waals surface area (Å²) in [4.78, 5) is 18.3. The van der Waals surface area contributed by atoms with Crippen LogP contribution in [0.25, 0.3) is 0 Å². The lowest BCUT2D eigenvalue weighted by molar-refractivity contribution is -0.136. The zero-order valence-electron chi connectivity index (χ0n) is 11.2. The molecule has 1 saturated heterocycles. The Hall–Kier alpha value is -1.46. The second-order valence-corrected chi connectivity index (χ2v) is 4.67. The van der Waals surface area contributed by atoms with Crippen LogP contribution >= 0.6 is 0 Å². The maximum absolute atomic E-state index is 12.4. The first-order valence-corrected chi connectivity index (χ1v) is 6.55. The number of ether oxygens (including phenoxy) is 2. The number of nitrogens with zero attached hydrogens (tertiary/aromatic N) is 2. The normalized spacial score (nSPS) is 18.5. The van der Waals surface area contributed by atoms with E-state index in [9.17, 15) is 4.79 Å². The van der Waals surface area contributed by atoms with Crippen LogP contribution in [-0.4, -0.2) is 49.3 Å². The fraction of sp³-hybridized carbons (Fsp3) is 0.571. The number of carbonyl (C=O) groups is 1. The van der Waals surface area contributed by atoms with Crippen molar-refractivity contribution in [3.63, 3.8) is 0 Å². The number of pyridine rings is 1. The van der Waals surface area contributed by atoms with Crippen molar-refractivity contribution in [2.24, 2.45) is 5.92 Å². The summed E-state index contributed by atoms with van der Waals surface area (Å²) in [7, 11) is 1.65. The molecule has 0 bridgehead atoms. The Morgan fingerprint density at radius 3 is 2.95 bits per heavy atom. The molecule has 1 aromatic rings. The topological polar surface area (TPSA) is 51.7 Å². The first-order valence-electron chi connectivity index (χ1n) is 6.55. The molecule has 1 aliphatic rings. The van der Waals surface area contributed by atoms with Crippen molar-refractivity contribution in [3.8, 4) is 0 Å². The van der Waals surface area contributed by atoms with Crippen LogP contribution in [0.15, 0.2) is 24.5 Å². The van der Waals surface area contributed by atoms with Crippen LogP contribution in [0.2, 0.25) is 0 Å². The van der Waals surface area contributed by atoms with Gasteiger partial charge in [-0.15, -0.1) is 0 Å². The molecule has 1 atom stereocenters. The Morgan fingerprint density at radius 1 is 1.53 bits per heavy atom. The summed E-state index contributed by atoms with van der Waals surface area (Å²) in [6.07, 6.45) is 4.30. The van der Waals surface area contributed by atoms with Crippen LogP contribution in [-0.2, 0) is 20.8 Å². The van der Waals surface area contributed by atoms with Crippen molar-refractivity contribution in [2.75, 3.05) is 33.5 Å². The molecular formula is C14H20N2O3. The van der Waals surface area contributed by atoms with Crippen molar-refractivity contribution in [3.05, 3.63) is 30.1 Å². The van der Waals surface area contributed by atoms with Gasteiger partial charge in [0.2, 0.25) is 5.91 Å². The van der Waals surface area contributed by atoms with E-state index in [1.54, 1.807) is 19.5 Å². The zero-order chi connectivity index (χ0) is 13.5. The lowest BCUT2D eigenvalue weighted by atomic mass is 10.1. The van der Waals surface area contributed by atoms with E-state index in [4.69, 9.17) is 9.47 Å². The van der Waals surface area contributed by atoms with Gasteiger partial charge in [-0.2, -0.15) is 0 Å². The molecule has 0 spiro atoms. The van der Waals surface area contributed by atoms with E-state index < -0.39 is 0 Å². The fourth-order valence-electron chi connectivity index (χ4n) is 2.16. The first-order chi connectivity index (χ1) is 9.31. The van der Waals surface area contributed by atoms with Crippen molar-refractivity contribution in [1.82, 2.24) is 9.88 Å². The third-order valence-electron chi connectivity index (χ3n) is 3.28. The van der Waals surface area contributed by atoms with Crippen molar-refractivity contribution >= 4 is 5.91 Å². The molecule has 0 saturated carbocycles. The standard InChI is InChI=1S/C14H20N2O3/c1-18-9-7-16(10-12-2-5-15-6-3-12)14(17)13-4-8-19-11-13/h2-3,5-6,13H,4,7-11H2,1H3. The summed E-state index contributed by atoms with van der Waals surface area (Å²) in [5.41, 5.74) is 1.08. The van der Waals surface area contributed by atoms with Gasteiger partial charge >= 0.3 is 0 Å². The van der Waals surface area contributed by atoms with Crippen molar-refractivity contribution in [1.29, 1.82) is 0 Å². The molecule has 1 amide bonds. The van der Waals surface area contributed by atoms with Crippen molar-refractivity contribution in [2.45, 2.75) is 13.0 Å². The van der Waals surface area contributed by atoms with Gasteiger partial charge in [-0.25, -0.2) is 0 Å². The molecule has 1 fully saturated rings. The molecule has 5 nitrogen and oxygen atoms in total. The van der Waals surface area contributed by atoms with E-state index in [-0.39, 0.29) is 11.8 Å². The molecule has 104 valence electrons. The molecule has 0 radical (unpaired) electrons. The van der Waals surface area contributed by atoms with Gasteiger partial charge in [0, 0.05) is 39.2 Å². The molecule has 0 aliphatic carbocycles. The van der Waals surface area contributed by atoms with E-state index in [1.165, 1.54) is 0 Å². The second kappa shape index (κ2) is 7.21. The molecule has 19 heavy (non-hydrogen) atoms. The van der Waals surface area contributed by atoms with Crippen LogP contribution < -0.4 is 0 Å². The minimum absolute atomic E-state index is 0.00121. The molecule has 0 aromatic carbocycles. The minimum Gasteiger partial charge on any atom is -0.383 e. The molecule has 5 heteroatoms. The Kier molecular flexibility index (Phi) is 5.30. The smallest absolute Gasteiger partial charge is 0.228 e. The highest BCUT2D eigenvalue weighted by molar-refractivity contribution is 5.79. The number of hydrogen-bond donors (Lipinski definition) is 0. The number of hydrogen-bond acceptors (Lipinski definition) is 4. The van der Waals surface area contributed by atoms with Crippen LogP contribution in [0.4, 0.5) is 0 Å². The predicted molar refractivity (Wildman–Crippen MR) is 70.5 cm³/mol. The number of methoxy groups -OCH3 is 1. The van der Waals surface area contributed by atoms with Crippen LogP contribution in [0.3, 0.4) is 0 Å². The van der Waals surface area contributed by atoms with Gasteiger partial charge in [-0.3, -0.25) is 9.78 Å². The molecule has 1 unspecified atom stereocenters. The number of amides is 1. The van der Waals surface area contributed by atoms with Gasteiger partial charge in [-0.1, -0.05) is 0 Å². The third-order valence-corrected chi connectivity index (χ3v) is 3.28. The average molecular weight is 264 g/mol. The van der Waals surface area contributed by atoms with Crippen molar-refractivity contribution < 1.29 is 14.3 Å². The second-order valence-electron chi connectivity index (χ2n) is 4.67. The minimum atomic E-state index is -0.00121. The van der Waals surface area contributed by atoms with Crippen LogP contribution in [0.5, 0.6) is 0 Å². The SMILES string of the molecule is COCCN(Cc1ccncc1)C(=O)C1CCOC1. The average Bonchev–Trinajstić information content (AvgIpc) is 2.98. The predicted octanol–water partition coefficient (Wildman–Crippen LogP) is 1.09. The van der Waals surface area contributed by atoms with Gasteiger partial charge in [-0.05, 0) is 24.1 Å². The van der Waals surface area contributed by atoms with Crippen LogP contribution in [0.1, 0.15) is 12.0 Å². The van der Waals surface area contributed by atoms with E-state index in [1.807, 2.05) is 17.0 Å². The summed E-state index contributed by atoms with van der Waals surface area (Å²) in [5, 5.41) is 0. The molecule has 2 heterocycles. The van der Waals surface area contributed by atoms with E-state index in [0.717, 1.165) is 12.0 Å². The Bertz CT molecular complexity index is 391. The lowest BCUT2D eigenvalue weighted by Gasteiger charge is -2.25. The summed E-state index contributed by atoms with van der Waals surface area (Å²) >= 11 is 0. The number of rotatable bonds is 6. The van der Waals surface area contributed by atoms with Gasteiger partial charge < -0.3 is 14.4 Å². The highest BCUT2D eigenvalue weighted by atomic mass is 16.5. The Balaban J connectivity index is 2.00. The summed E-state index contributed by atoms with van der Waals surface area (Å²) < 4.78 is 10.4. The van der Waals surface area contributed by atoms with E-state index >= 15 is 0 Å². The third kappa shape index (κ3) is 4.01. The monoisotopic (exact) mass is 264 g/mol. The lowest BCUT2D eigenvalue weighted by Crippen LogP contribution is -2.38. The van der Waals surface area contributed by atoms with Gasteiger partial charge in [0.15, 0.2) is 0 Å². The zero-order valence-corrected chi connectivity index (χ0v) is 11.2. The number of aromatic nitrogens is 1. The van der Waals surface area contributed by atoms with Gasteiger partial charge in [0.05, 0.1) is 19.1 Å². The van der Waals surface area contributed by atoms with E-state index in [2.05, 4.69) is 4.98 Å². The molecular weight excluding hydrogens is 244 g/mol. The Labute approximate surface area is 113 Å². The quantitative estimate of drug-likeness (QED) is 0.772. The highest BCUT2D eigenvalue weighted by Gasteiger charge is 2.27. The maximum atomic E-state index is 12.4. The molecule has 1 aliphatic heterocycles. The molecule has 1 aromatic heterocycles. The first kappa shape index (κ1) is 14.0. The summed E-state index contributed by atoms with van der Waals surface area (Å²) in [5.74, 6) is 0.157.